The van der Waals surface area contributed by atoms with Gasteiger partial charge in [-0.1, -0.05) is 19.6 Å². The third-order valence-electron chi connectivity index (χ3n) is 12.2. The number of hydrogen-bond donors (Lipinski definition) is 17. The van der Waals surface area contributed by atoms with Crippen LogP contribution in [0.5, 0.6) is 0 Å². The van der Waals surface area contributed by atoms with Gasteiger partial charge in [0.2, 0.25) is 11.8 Å². The highest BCUT2D eigenvalue weighted by atomic mass is 28.3. The Kier molecular flexibility index (Phi) is 20.7. The van der Waals surface area contributed by atoms with Crippen molar-refractivity contribution in [2.75, 3.05) is 33.0 Å². The summed E-state index contributed by atoms with van der Waals surface area (Å²) in [6, 6.07) is -3.31. The Morgan fingerprint density at radius 2 is 1.30 bits per heavy atom. The zero-order chi connectivity index (χ0) is 52.1. The number of carbonyl (C=O) groups excluding carboxylic acids is 2. The molecule has 0 radical (unpaired) electrons. The van der Waals surface area contributed by atoms with Crippen LogP contribution in [0.15, 0.2) is 0 Å². The van der Waals surface area contributed by atoms with Gasteiger partial charge in [-0.25, -0.2) is 9.59 Å². The lowest BCUT2D eigenvalue weighted by Gasteiger charge is -2.52. The molecule has 69 heavy (non-hydrogen) atoms. The van der Waals surface area contributed by atoms with Crippen LogP contribution in [0, 0.1) is 0 Å². The van der Waals surface area contributed by atoms with E-state index < -0.39 is 205 Å². The lowest BCUT2D eigenvalue weighted by molar-refractivity contribution is -0.367. The van der Waals surface area contributed by atoms with Crippen LogP contribution in [0.25, 0.3) is 0 Å². The van der Waals surface area contributed by atoms with Crippen LogP contribution in [0.3, 0.4) is 0 Å². The van der Waals surface area contributed by atoms with E-state index >= 15 is 0 Å². The van der Waals surface area contributed by atoms with Gasteiger partial charge >= 0.3 is 11.9 Å². The largest absolute Gasteiger partial charge is 0.477 e. The van der Waals surface area contributed by atoms with Crippen molar-refractivity contribution in [2.45, 2.75) is 186 Å². The predicted octanol–water partition coefficient (Wildman–Crippen LogP) is -8.69. The second-order valence-electron chi connectivity index (χ2n) is 18.7. The third-order valence-corrected chi connectivity index (χ3v) is 13.9. The van der Waals surface area contributed by atoms with Crippen molar-refractivity contribution >= 4 is 31.8 Å². The normalized spacial score (nSPS) is 40.5. The molecule has 0 unspecified atom stereocenters. The van der Waals surface area contributed by atoms with Gasteiger partial charge in [0.1, 0.15) is 86.0 Å². The number of hydrogen-bond acceptors (Lipinski definition) is 25. The number of ether oxygens (including phenoxy) is 8. The first-order chi connectivity index (χ1) is 32.1. The Hall–Kier alpha value is -2.74. The van der Waals surface area contributed by atoms with E-state index in [2.05, 4.69) is 10.6 Å². The molecule has 0 saturated carbocycles. The number of aliphatic hydroxyl groups excluding tert-OH is 13. The molecule has 4 aliphatic heterocycles. The molecule has 4 aliphatic rings. The van der Waals surface area contributed by atoms with E-state index in [9.17, 15) is 95.8 Å². The van der Waals surface area contributed by atoms with Crippen LogP contribution in [0.4, 0.5) is 0 Å². The van der Waals surface area contributed by atoms with Gasteiger partial charge in [-0.15, -0.1) is 0 Å². The van der Waals surface area contributed by atoms with E-state index in [0.29, 0.717) is 6.04 Å². The molecular formula is C39H68N2O27Si. The van der Waals surface area contributed by atoms with Crippen LogP contribution >= 0.6 is 0 Å². The minimum Gasteiger partial charge on any atom is -0.477 e. The fraction of sp³-hybridized carbons (Fsp3) is 0.897. The van der Waals surface area contributed by atoms with Gasteiger partial charge in [0.15, 0.2) is 12.6 Å². The van der Waals surface area contributed by atoms with Gasteiger partial charge < -0.3 is 125 Å². The topological polar surface area (TPSA) is 470 Å². The van der Waals surface area contributed by atoms with Crippen molar-refractivity contribution < 1.29 is 134 Å². The number of carboxylic acid groups (broad SMARTS) is 2. The second-order valence-corrected chi connectivity index (χ2v) is 24.3. The van der Waals surface area contributed by atoms with Crippen LogP contribution < -0.4 is 10.6 Å². The number of amides is 2. The average Bonchev–Trinajstić information content (AvgIpc) is 3.28. The summed E-state index contributed by atoms with van der Waals surface area (Å²) in [4.78, 5) is 52.1. The monoisotopic (exact) mass is 1020 g/mol. The first kappa shape index (κ1) is 58.8. The standard InChI is InChI=1S/C39H68N2O27Si/c1-14-24(49)28(53)31(56)35(63-14)64-19(11-43)27(52)32-22(41-21(48)12-44)16(46)8-39(68-32,37(59)60)66-18-9-38(36(57)58,67-33(23(18)40-15(2)45)25(50)17(47)10-42)62-13-20-26(51)29(54)30(55)34(65-20)61-6-7-69(3,4)5/h14,16-20,22-35,42-44,46-47,49-56H,6-13H2,1-5H3,(H,40,45)(H,41,48)(H,57,58)(H,59,60)/t14-,16+,17-,18+,19-,20-,22-,23-,24+,25-,26-,27-,28+,29+,30-,31-,32-,33-,34-,35-,38-,39-/m1/s1. The zero-order valence-electron chi connectivity index (χ0n) is 38.3. The Bertz CT molecular complexity index is 1720. The van der Waals surface area contributed by atoms with Crippen LogP contribution in [0.1, 0.15) is 26.7 Å². The Labute approximate surface area is 395 Å². The van der Waals surface area contributed by atoms with E-state index in [1.165, 1.54) is 6.92 Å². The molecule has 4 rings (SSSR count). The molecule has 0 aliphatic carbocycles. The van der Waals surface area contributed by atoms with E-state index in [4.69, 9.17) is 37.9 Å². The quantitative estimate of drug-likeness (QED) is 0.0448. The maximum atomic E-state index is 13.5. The Morgan fingerprint density at radius 1 is 0.725 bits per heavy atom. The molecule has 29 nitrogen and oxygen atoms in total. The molecular weight excluding hydrogens is 957 g/mol. The average molecular weight is 1030 g/mol. The summed E-state index contributed by atoms with van der Waals surface area (Å²) in [5.41, 5.74) is 0. The summed E-state index contributed by atoms with van der Waals surface area (Å²) in [7, 11) is -1.71. The summed E-state index contributed by atoms with van der Waals surface area (Å²) < 4.78 is 45.7. The second kappa shape index (κ2) is 24.3. The van der Waals surface area contributed by atoms with E-state index in [1.54, 1.807) is 0 Å². The molecule has 0 spiro atoms. The molecule has 17 N–H and O–H groups in total. The third kappa shape index (κ3) is 13.9. The number of nitrogens with one attached hydrogen (secondary N) is 2. The molecule has 22 atom stereocenters. The fourth-order valence-electron chi connectivity index (χ4n) is 8.17. The maximum Gasteiger partial charge on any atom is 0.364 e. The van der Waals surface area contributed by atoms with Crippen molar-refractivity contribution in [1.29, 1.82) is 0 Å². The zero-order valence-corrected chi connectivity index (χ0v) is 39.3. The highest BCUT2D eigenvalue weighted by Gasteiger charge is 2.63. The van der Waals surface area contributed by atoms with Gasteiger partial charge in [-0.05, 0) is 13.0 Å². The molecule has 400 valence electrons. The van der Waals surface area contributed by atoms with Crippen molar-refractivity contribution in [3.05, 3.63) is 0 Å². The van der Waals surface area contributed by atoms with Crippen molar-refractivity contribution in [2.24, 2.45) is 0 Å². The summed E-state index contributed by atoms with van der Waals surface area (Å²) in [6.07, 6.45) is -38.2. The molecule has 0 aromatic heterocycles. The van der Waals surface area contributed by atoms with Gasteiger partial charge in [-0.3, -0.25) is 9.59 Å². The van der Waals surface area contributed by atoms with Crippen LogP contribution in [-0.4, -0.2) is 275 Å². The molecule has 0 bridgehead atoms. The summed E-state index contributed by atoms with van der Waals surface area (Å²) >= 11 is 0. The lowest BCUT2D eigenvalue weighted by Crippen LogP contribution is -2.72. The minimum absolute atomic E-state index is 0.0427. The molecule has 30 heteroatoms. The van der Waals surface area contributed by atoms with Crippen molar-refractivity contribution in [3.63, 3.8) is 0 Å². The summed E-state index contributed by atoms with van der Waals surface area (Å²) in [5.74, 6) is -13.0. The van der Waals surface area contributed by atoms with E-state index in [0.717, 1.165) is 6.92 Å². The van der Waals surface area contributed by atoms with Gasteiger partial charge in [0.05, 0.1) is 50.2 Å². The summed E-state index contributed by atoms with van der Waals surface area (Å²) in [6.45, 7) is 3.58. The predicted molar refractivity (Wildman–Crippen MR) is 223 cm³/mol. The number of rotatable bonds is 22. The number of aliphatic hydroxyl groups is 13. The summed E-state index contributed by atoms with van der Waals surface area (Å²) in [5, 5.41) is 164. The minimum atomic E-state index is -3.35. The number of carbonyl (C=O) groups is 4. The van der Waals surface area contributed by atoms with Gasteiger partial charge in [-0.2, -0.15) is 0 Å². The van der Waals surface area contributed by atoms with Crippen molar-refractivity contribution in [3.8, 4) is 0 Å². The van der Waals surface area contributed by atoms with Crippen LogP contribution in [0.2, 0.25) is 25.7 Å². The highest BCUT2D eigenvalue weighted by Crippen LogP contribution is 2.42. The first-order valence-electron chi connectivity index (χ1n) is 22.0. The molecule has 4 fully saturated rings. The smallest absolute Gasteiger partial charge is 0.364 e. The van der Waals surface area contributed by atoms with E-state index in [1.807, 2.05) is 19.6 Å². The SMILES string of the molecule is CC(=O)N[C@H]1[C@H]([C@H](O)[C@H](O)CO)O[C@@](OC[C@H]2O[C@@H](OCC[Si](C)(C)C)[C@H](O)[C@@H](O)[C@@H]2O)(C(=O)O)C[C@@H]1O[C@]1(C(=O)O)C[C@H](O)[C@@H](NC(=O)CO)[C@H]([C@H](O)[C@@H](CO)O[C@H]2O[C@H](C)[C@H](O)[C@H](O)[C@H]2O)O1. The Morgan fingerprint density at radius 3 is 1.86 bits per heavy atom. The van der Waals surface area contributed by atoms with Crippen LogP contribution in [-0.2, 0) is 57.1 Å². The molecule has 4 saturated heterocycles. The molecule has 2 amide bonds. The van der Waals surface area contributed by atoms with Crippen molar-refractivity contribution in [1.82, 2.24) is 10.6 Å². The highest BCUT2D eigenvalue weighted by molar-refractivity contribution is 6.76. The first-order valence-corrected chi connectivity index (χ1v) is 25.7. The Balaban J connectivity index is 1.79. The van der Waals surface area contributed by atoms with Gasteiger partial charge in [0, 0.05) is 34.4 Å². The molecule has 4 heterocycles. The van der Waals surface area contributed by atoms with E-state index in [-0.39, 0.29) is 6.61 Å². The molecule has 0 aromatic rings. The number of aliphatic carboxylic acids is 2. The number of carboxylic acids is 2. The lowest BCUT2D eigenvalue weighted by atomic mass is 9.86. The maximum absolute atomic E-state index is 13.5. The molecule has 0 aromatic carbocycles. The van der Waals surface area contributed by atoms with Gasteiger partial charge in [0.25, 0.3) is 11.6 Å². The fourth-order valence-corrected chi connectivity index (χ4v) is 8.90.